The maximum absolute atomic E-state index is 15.1. The van der Waals surface area contributed by atoms with Crippen LogP contribution in [-0.4, -0.2) is 63.0 Å². The van der Waals surface area contributed by atoms with Crippen molar-refractivity contribution in [3.63, 3.8) is 0 Å². The number of hydrogen-bond acceptors (Lipinski definition) is 5. The molecule has 3 amide bonds. The van der Waals surface area contributed by atoms with Crippen LogP contribution in [-0.2, 0) is 38.5 Å². The van der Waals surface area contributed by atoms with Crippen LogP contribution >= 0.6 is 0 Å². The summed E-state index contributed by atoms with van der Waals surface area (Å²) in [5.41, 5.74) is 4.15. The van der Waals surface area contributed by atoms with Gasteiger partial charge < -0.3 is 19.6 Å². The molecule has 2 aliphatic carbocycles. The number of carboxylic acids is 1. The van der Waals surface area contributed by atoms with Gasteiger partial charge in [0.05, 0.1) is 11.7 Å². The molecule has 3 heterocycles. The molecule has 8 rings (SSSR count). The molecular weight excluding hydrogens is 630 g/mol. The summed E-state index contributed by atoms with van der Waals surface area (Å²) < 4.78 is 6.40. The van der Waals surface area contributed by atoms with Gasteiger partial charge in [0, 0.05) is 24.8 Å². The van der Waals surface area contributed by atoms with Gasteiger partial charge in [-0.1, -0.05) is 93.6 Å². The van der Waals surface area contributed by atoms with Gasteiger partial charge in [0.1, 0.15) is 24.2 Å². The van der Waals surface area contributed by atoms with E-state index >= 15 is 4.79 Å². The van der Waals surface area contributed by atoms with E-state index in [1.165, 1.54) is 9.80 Å². The third-order valence-electron chi connectivity index (χ3n) is 13.3. The van der Waals surface area contributed by atoms with Crippen molar-refractivity contribution < 1.29 is 29.0 Å². The Morgan fingerprint density at radius 3 is 2.08 bits per heavy atom. The quantitative estimate of drug-likeness (QED) is 0.329. The molecule has 3 fully saturated rings. The number of carbonyl (C=O) groups is 4. The van der Waals surface area contributed by atoms with E-state index in [0.717, 1.165) is 41.5 Å². The third kappa shape index (κ3) is 4.95. The van der Waals surface area contributed by atoms with E-state index in [1.807, 2.05) is 78.9 Å². The fourth-order valence-electron chi connectivity index (χ4n) is 10.00. The number of rotatable bonds is 5. The van der Waals surface area contributed by atoms with E-state index in [9.17, 15) is 19.5 Å². The molecule has 260 valence electrons. The number of anilines is 1. The van der Waals surface area contributed by atoms with Crippen LogP contribution in [0.2, 0.25) is 0 Å². The maximum atomic E-state index is 15.1. The number of ether oxygens (including phenoxy) is 1. The van der Waals surface area contributed by atoms with Crippen molar-refractivity contribution in [3.05, 3.63) is 101 Å². The zero-order valence-electron chi connectivity index (χ0n) is 29.0. The lowest BCUT2D eigenvalue weighted by atomic mass is 9.70. The van der Waals surface area contributed by atoms with Crippen molar-refractivity contribution in [2.45, 2.75) is 103 Å². The van der Waals surface area contributed by atoms with Crippen LogP contribution in [0, 0.1) is 16.7 Å². The third-order valence-corrected chi connectivity index (χ3v) is 13.3. The van der Waals surface area contributed by atoms with Gasteiger partial charge >= 0.3 is 12.1 Å². The van der Waals surface area contributed by atoms with E-state index in [-0.39, 0.29) is 41.7 Å². The van der Waals surface area contributed by atoms with E-state index in [0.29, 0.717) is 30.9 Å². The number of amides is 3. The molecule has 1 unspecified atom stereocenters. The highest BCUT2D eigenvalue weighted by Crippen LogP contribution is 2.66. The monoisotopic (exact) mass is 675 g/mol. The van der Waals surface area contributed by atoms with E-state index in [4.69, 9.17) is 4.74 Å². The molecule has 7 atom stereocenters. The first-order valence-electron chi connectivity index (χ1n) is 18.0. The Hall–Kier alpha value is -4.66. The fraction of sp³-hybridized carbons (Fsp3) is 0.463. The minimum absolute atomic E-state index is 0.0465. The van der Waals surface area contributed by atoms with Gasteiger partial charge in [0.2, 0.25) is 11.8 Å². The molecule has 3 aliphatic heterocycles. The first kappa shape index (κ1) is 32.5. The normalized spacial score (nSPS) is 30.6. The summed E-state index contributed by atoms with van der Waals surface area (Å²) in [5, 5.41) is 10.3. The lowest BCUT2D eigenvalue weighted by Crippen LogP contribution is -2.58. The summed E-state index contributed by atoms with van der Waals surface area (Å²) in [5.74, 6) is -1.29. The average Bonchev–Trinajstić information content (AvgIpc) is 3.83. The second kappa shape index (κ2) is 12.0. The van der Waals surface area contributed by atoms with Crippen LogP contribution in [0.15, 0.2) is 78.9 Å². The molecule has 2 bridgehead atoms. The van der Waals surface area contributed by atoms with Crippen LogP contribution in [0.4, 0.5) is 10.5 Å². The highest BCUT2D eigenvalue weighted by molar-refractivity contribution is 6.02. The molecule has 1 N–H and O–H groups in total. The number of benzene rings is 3. The second-order valence-corrected chi connectivity index (χ2v) is 15.8. The number of carboxylic acid groups (broad SMARTS) is 1. The predicted molar refractivity (Wildman–Crippen MR) is 187 cm³/mol. The molecule has 9 heteroatoms. The number of hydrogen-bond donors (Lipinski definition) is 1. The minimum atomic E-state index is -1.07. The molecule has 0 spiro atoms. The molecule has 0 radical (unpaired) electrons. The number of aliphatic carboxylic acids is 1. The average molecular weight is 676 g/mol. The Labute approximate surface area is 293 Å². The van der Waals surface area contributed by atoms with Crippen LogP contribution in [0.1, 0.15) is 81.2 Å². The number of nitrogens with zero attached hydrogens (tertiary/aromatic N) is 3. The molecular formula is C41H45N3O6. The molecule has 9 nitrogen and oxygen atoms in total. The number of likely N-dealkylation sites (tertiary alicyclic amines) is 1. The molecule has 3 aromatic carbocycles. The van der Waals surface area contributed by atoms with Crippen molar-refractivity contribution >= 4 is 29.6 Å². The summed E-state index contributed by atoms with van der Waals surface area (Å²) in [6.45, 7) is 6.94. The van der Waals surface area contributed by atoms with Gasteiger partial charge in [-0.3, -0.25) is 14.5 Å². The first-order chi connectivity index (χ1) is 24.0. The van der Waals surface area contributed by atoms with E-state index < -0.39 is 36.2 Å². The van der Waals surface area contributed by atoms with Crippen LogP contribution in [0.5, 0.6) is 0 Å². The van der Waals surface area contributed by atoms with Crippen molar-refractivity contribution in [3.8, 4) is 0 Å². The van der Waals surface area contributed by atoms with Crippen molar-refractivity contribution in [2.75, 3.05) is 4.90 Å². The van der Waals surface area contributed by atoms with Gasteiger partial charge in [-0.25, -0.2) is 9.59 Å². The van der Waals surface area contributed by atoms with E-state index in [1.54, 1.807) is 4.90 Å². The highest BCUT2D eigenvalue weighted by atomic mass is 16.6. The first-order valence-corrected chi connectivity index (χ1v) is 18.0. The highest BCUT2D eigenvalue weighted by Gasteiger charge is 2.63. The Kier molecular flexibility index (Phi) is 7.80. The topological polar surface area (TPSA) is 107 Å². The maximum Gasteiger partial charge on any atom is 0.415 e. The summed E-state index contributed by atoms with van der Waals surface area (Å²) in [7, 11) is 0. The molecule has 2 saturated carbocycles. The Morgan fingerprint density at radius 1 is 0.740 bits per heavy atom. The van der Waals surface area contributed by atoms with Crippen LogP contribution < -0.4 is 4.90 Å². The van der Waals surface area contributed by atoms with Crippen molar-refractivity contribution in [2.24, 2.45) is 16.7 Å². The Morgan fingerprint density at radius 2 is 1.40 bits per heavy atom. The number of fused-ring (bicyclic) bond motifs is 4. The van der Waals surface area contributed by atoms with E-state index in [2.05, 4.69) is 20.8 Å². The number of para-hydroxylation sites is 1. The summed E-state index contributed by atoms with van der Waals surface area (Å²) in [4.78, 5) is 61.3. The van der Waals surface area contributed by atoms with Crippen molar-refractivity contribution in [1.29, 1.82) is 0 Å². The van der Waals surface area contributed by atoms with Gasteiger partial charge in [-0.05, 0) is 71.8 Å². The lowest BCUT2D eigenvalue weighted by molar-refractivity contribution is -0.155. The molecule has 50 heavy (non-hydrogen) atoms. The second-order valence-electron chi connectivity index (χ2n) is 15.8. The zero-order valence-corrected chi connectivity index (χ0v) is 29.0. The van der Waals surface area contributed by atoms with Gasteiger partial charge in [-0.15, -0.1) is 0 Å². The van der Waals surface area contributed by atoms with Crippen LogP contribution in [0.3, 0.4) is 0 Å². The lowest BCUT2D eigenvalue weighted by Gasteiger charge is -2.40. The molecule has 5 aliphatic rings. The SMILES string of the molecule is CC1(C)C2CC[C@]1(C)[C@H](OC(=O)N1c3ccccc3C[C@@H]1C(=O)N1[C@@H](C(=O)N3Cc4ccccc4C[C@@H]3C(=O)O)CC[C@H]1c1ccccc1)C2. The molecule has 1 saturated heterocycles. The van der Waals surface area contributed by atoms with Gasteiger partial charge in [-0.2, -0.15) is 0 Å². The molecule has 3 aromatic rings. The van der Waals surface area contributed by atoms with Gasteiger partial charge in [0.25, 0.3) is 0 Å². The Bertz CT molecular complexity index is 1860. The fourth-order valence-corrected chi connectivity index (χ4v) is 10.00. The summed E-state index contributed by atoms with van der Waals surface area (Å²) in [6.07, 6.45) is 3.58. The molecule has 0 aromatic heterocycles. The summed E-state index contributed by atoms with van der Waals surface area (Å²) in [6, 6.07) is 21.6. The summed E-state index contributed by atoms with van der Waals surface area (Å²) >= 11 is 0. The number of carbonyl (C=O) groups excluding carboxylic acids is 3. The van der Waals surface area contributed by atoms with Crippen LogP contribution in [0.25, 0.3) is 0 Å². The smallest absolute Gasteiger partial charge is 0.415 e. The minimum Gasteiger partial charge on any atom is -0.480 e. The zero-order chi connectivity index (χ0) is 34.9. The predicted octanol–water partition coefficient (Wildman–Crippen LogP) is 6.54. The standard InChI is InChI=1S/C41H45N3O6/c1-40(2)29-19-20-41(40,3)35(23-29)50-39(49)44-30-16-10-9-14-27(30)22-33(44)37(46)43-31(25-11-5-4-6-12-25)17-18-32(43)36(45)42-24-28-15-8-7-13-26(28)21-34(42)38(47)48/h4-16,29,31-35H,17-24H2,1-3H3,(H,47,48)/t29?,31-,32+,33+,34+,35+,41+/m0/s1. The van der Waals surface area contributed by atoms with Crippen molar-refractivity contribution in [1.82, 2.24) is 9.80 Å². The van der Waals surface area contributed by atoms with Gasteiger partial charge in [0.15, 0.2) is 0 Å². The largest absolute Gasteiger partial charge is 0.480 e. The Balaban J connectivity index is 1.13.